The van der Waals surface area contributed by atoms with Crippen molar-refractivity contribution in [3.8, 4) is 0 Å². The number of nitrogens with one attached hydrogen (secondary N) is 1. The zero-order valence-corrected chi connectivity index (χ0v) is 15.9. The van der Waals surface area contributed by atoms with Crippen molar-refractivity contribution < 1.29 is 9.53 Å². The van der Waals surface area contributed by atoms with E-state index in [1.165, 1.54) is 0 Å². The Morgan fingerprint density at radius 3 is 2.83 bits per heavy atom. The maximum atomic E-state index is 11.9. The molecule has 0 aliphatic rings. The third kappa shape index (κ3) is 4.70. The normalized spacial score (nSPS) is 12.3. The lowest BCUT2D eigenvalue weighted by atomic mass is 9.99. The number of tetrazole rings is 1. The first-order valence-corrected chi connectivity index (χ1v) is 9.00. The van der Waals surface area contributed by atoms with Crippen LogP contribution in [0, 0.1) is 6.92 Å². The molecule has 24 heavy (non-hydrogen) atoms. The lowest BCUT2D eigenvalue weighted by Gasteiger charge is -2.18. The summed E-state index contributed by atoms with van der Waals surface area (Å²) in [6.07, 6.45) is 3.18. The van der Waals surface area contributed by atoms with Crippen molar-refractivity contribution in [2.24, 2.45) is 0 Å². The van der Waals surface area contributed by atoms with Crippen LogP contribution in [0.15, 0.2) is 16.6 Å². The fourth-order valence-electron chi connectivity index (χ4n) is 2.57. The van der Waals surface area contributed by atoms with E-state index >= 15 is 0 Å². The van der Waals surface area contributed by atoms with Crippen LogP contribution in [-0.4, -0.2) is 33.0 Å². The maximum Gasteiger partial charge on any atom is 0.174 e. The highest BCUT2D eigenvalue weighted by molar-refractivity contribution is 9.10. The molecule has 6 nitrogen and oxygen atoms in total. The van der Waals surface area contributed by atoms with Crippen molar-refractivity contribution in [1.82, 2.24) is 20.6 Å². The first kappa shape index (κ1) is 18.7. The number of aromatic amines is 1. The fourth-order valence-corrected chi connectivity index (χ4v) is 3.15. The number of unbranched alkanes of at least 4 members (excludes halogenated alkanes) is 1. The van der Waals surface area contributed by atoms with Crippen molar-refractivity contribution >= 4 is 21.7 Å². The predicted octanol–water partition coefficient (Wildman–Crippen LogP) is 3.96. The molecule has 0 aliphatic heterocycles. The molecule has 1 heterocycles. The molecule has 0 saturated heterocycles. The Morgan fingerprint density at radius 1 is 1.38 bits per heavy atom. The molecule has 0 saturated carbocycles. The number of carbonyl (C=O) groups excluding carboxylic acids is 1. The number of benzene rings is 1. The monoisotopic (exact) mass is 394 g/mol. The molecule has 1 unspecified atom stereocenters. The summed E-state index contributed by atoms with van der Waals surface area (Å²) in [5.74, 6) is 0.880. The molecular formula is C17H23BrN4O2. The van der Waals surface area contributed by atoms with Gasteiger partial charge in [0.05, 0.1) is 6.10 Å². The van der Waals surface area contributed by atoms with Crippen LogP contribution in [-0.2, 0) is 11.2 Å². The van der Waals surface area contributed by atoms with Gasteiger partial charge in [-0.15, -0.1) is 10.2 Å². The summed E-state index contributed by atoms with van der Waals surface area (Å²) < 4.78 is 6.81. The van der Waals surface area contributed by atoms with Crippen LogP contribution in [0.3, 0.4) is 0 Å². The van der Waals surface area contributed by atoms with Gasteiger partial charge in [-0.2, -0.15) is 5.21 Å². The Balaban J connectivity index is 1.86. The molecule has 0 spiro atoms. The van der Waals surface area contributed by atoms with Gasteiger partial charge in [0.25, 0.3) is 0 Å². The van der Waals surface area contributed by atoms with E-state index in [1.807, 2.05) is 32.9 Å². The van der Waals surface area contributed by atoms with E-state index in [0.717, 1.165) is 46.2 Å². The molecular weight excluding hydrogens is 372 g/mol. The molecule has 130 valence electrons. The molecule has 2 rings (SSSR count). The average molecular weight is 395 g/mol. The van der Waals surface area contributed by atoms with Crippen molar-refractivity contribution in [3.63, 3.8) is 0 Å². The highest BCUT2D eigenvalue weighted by Crippen LogP contribution is 2.30. The van der Waals surface area contributed by atoms with Gasteiger partial charge < -0.3 is 4.74 Å². The van der Waals surface area contributed by atoms with Gasteiger partial charge in [0.15, 0.2) is 11.6 Å². The molecule has 1 aromatic carbocycles. The Bertz CT molecular complexity index is 673. The largest absolute Gasteiger partial charge is 0.374 e. The number of Topliss-reactive ketones (excluding diaryl/α,β-unsaturated/α-hetero) is 1. The topological polar surface area (TPSA) is 80.8 Å². The third-order valence-corrected chi connectivity index (χ3v) is 5.06. The number of aromatic nitrogens is 4. The van der Waals surface area contributed by atoms with E-state index in [0.29, 0.717) is 13.0 Å². The predicted molar refractivity (Wildman–Crippen MR) is 95.0 cm³/mol. The molecule has 0 bridgehead atoms. The lowest BCUT2D eigenvalue weighted by Crippen LogP contribution is -2.07. The summed E-state index contributed by atoms with van der Waals surface area (Å²) in [4.78, 5) is 11.9. The number of carbonyl (C=O) groups is 1. The van der Waals surface area contributed by atoms with E-state index in [2.05, 4.69) is 36.6 Å². The van der Waals surface area contributed by atoms with E-state index in [1.54, 1.807) is 0 Å². The van der Waals surface area contributed by atoms with Gasteiger partial charge in [-0.25, -0.2) is 0 Å². The first-order chi connectivity index (χ1) is 11.5. The van der Waals surface area contributed by atoms with Crippen LogP contribution in [0.1, 0.15) is 66.5 Å². The molecule has 1 aromatic heterocycles. The Morgan fingerprint density at radius 2 is 2.17 bits per heavy atom. The maximum absolute atomic E-state index is 11.9. The lowest BCUT2D eigenvalue weighted by molar-refractivity contribution is 0.0626. The number of ether oxygens (including phenoxy) is 1. The minimum absolute atomic E-state index is 0.0164. The number of aryl methyl sites for hydroxylation is 1. The molecule has 0 amide bonds. The van der Waals surface area contributed by atoms with Gasteiger partial charge in [0.2, 0.25) is 0 Å². The Labute approximate surface area is 150 Å². The minimum Gasteiger partial charge on any atom is -0.374 e. The van der Waals surface area contributed by atoms with Gasteiger partial charge >= 0.3 is 0 Å². The molecule has 7 heteroatoms. The molecule has 1 N–H and O–H groups in total. The van der Waals surface area contributed by atoms with Crippen LogP contribution in [0.4, 0.5) is 0 Å². The fraction of sp³-hybridized carbons (Fsp3) is 0.529. The van der Waals surface area contributed by atoms with Crippen molar-refractivity contribution in [3.05, 3.63) is 39.1 Å². The second-order valence-corrected chi connectivity index (χ2v) is 6.51. The summed E-state index contributed by atoms with van der Waals surface area (Å²) in [6.45, 7) is 6.60. The zero-order chi connectivity index (χ0) is 17.5. The molecule has 1 atom stereocenters. The minimum atomic E-state index is -0.0164. The number of H-pyrrole nitrogens is 1. The first-order valence-electron chi connectivity index (χ1n) is 8.20. The second kappa shape index (κ2) is 9.03. The number of ketones is 1. The van der Waals surface area contributed by atoms with Crippen LogP contribution < -0.4 is 0 Å². The number of rotatable bonds is 9. The molecule has 0 fully saturated rings. The molecule has 0 radical (unpaired) electrons. The van der Waals surface area contributed by atoms with Gasteiger partial charge in [0.1, 0.15) is 0 Å². The van der Waals surface area contributed by atoms with E-state index in [4.69, 9.17) is 4.74 Å². The highest BCUT2D eigenvalue weighted by atomic mass is 79.9. The van der Waals surface area contributed by atoms with Crippen molar-refractivity contribution in [2.45, 2.75) is 52.6 Å². The van der Waals surface area contributed by atoms with Crippen LogP contribution in [0.25, 0.3) is 0 Å². The van der Waals surface area contributed by atoms with E-state index in [-0.39, 0.29) is 11.9 Å². The number of hydrogen-bond acceptors (Lipinski definition) is 5. The van der Waals surface area contributed by atoms with Gasteiger partial charge in [-0.1, -0.05) is 18.2 Å². The summed E-state index contributed by atoms with van der Waals surface area (Å²) >= 11 is 3.56. The van der Waals surface area contributed by atoms with Crippen LogP contribution in [0.5, 0.6) is 0 Å². The SMILES string of the molecule is CCC(=O)c1ccc(C(C)OCCCCc2nn[nH]n2)c(C)c1Br. The number of halogens is 1. The summed E-state index contributed by atoms with van der Waals surface area (Å²) in [6, 6.07) is 3.88. The van der Waals surface area contributed by atoms with Crippen molar-refractivity contribution in [2.75, 3.05) is 6.61 Å². The number of nitrogens with zero attached hydrogens (tertiary/aromatic N) is 3. The van der Waals surface area contributed by atoms with Gasteiger partial charge in [0, 0.05) is 29.5 Å². The summed E-state index contributed by atoms with van der Waals surface area (Å²) in [7, 11) is 0. The average Bonchev–Trinajstić information content (AvgIpc) is 3.09. The van der Waals surface area contributed by atoms with E-state index in [9.17, 15) is 4.79 Å². The molecule has 2 aromatic rings. The summed E-state index contributed by atoms with van der Waals surface area (Å²) in [5, 5.41) is 13.8. The quantitative estimate of drug-likeness (QED) is 0.513. The Hall–Kier alpha value is -1.60. The van der Waals surface area contributed by atoms with Gasteiger partial charge in [-0.3, -0.25) is 4.79 Å². The van der Waals surface area contributed by atoms with Crippen molar-refractivity contribution in [1.29, 1.82) is 0 Å². The number of hydrogen-bond donors (Lipinski definition) is 1. The second-order valence-electron chi connectivity index (χ2n) is 5.72. The zero-order valence-electron chi connectivity index (χ0n) is 14.3. The Kier molecular flexibility index (Phi) is 7.05. The standard InChI is InChI=1S/C17H23BrN4O2/c1-4-15(23)14-9-8-13(11(2)17(14)18)12(3)24-10-6-5-7-16-19-21-22-20-16/h8-9,12H,4-7,10H2,1-3H3,(H,19,20,21,22). The third-order valence-electron chi connectivity index (χ3n) is 4.04. The molecule has 0 aliphatic carbocycles. The smallest absolute Gasteiger partial charge is 0.174 e. The van der Waals surface area contributed by atoms with E-state index < -0.39 is 0 Å². The van der Waals surface area contributed by atoms with Crippen LogP contribution >= 0.6 is 15.9 Å². The van der Waals surface area contributed by atoms with Gasteiger partial charge in [-0.05, 0) is 59.8 Å². The van der Waals surface area contributed by atoms with Crippen LogP contribution in [0.2, 0.25) is 0 Å². The highest BCUT2D eigenvalue weighted by Gasteiger charge is 2.16. The summed E-state index contributed by atoms with van der Waals surface area (Å²) in [5.41, 5.74) is 2.91.